The van der Waals surface area contributed by atoms with E-state index in [0.29, 0.717) is 0 Å². The van der Waals surface area contributed by atoms with Gasteiger partial charge in [-0.05, 0) is 34.4 Å². The Morgan fingerprint density at radius 3 is 0.958 bits per heavy atom. The van der Waals surface area contributed by atoms with Crippen molar-refractivity contribution in [3.05, 3.63) is 0 Å². The molecule has 0 aromatic rings. The van der Waals surface area contributed by atoms with Gasteiger partial charge in [0.2, 0.25) is 8.32 Å². The highest BCUT2D eigenvalue weighted by atomic mass is 28.4. The molecule has 0 saturated heterocycles. The van der Waals surface area contributed by atoms with E-state index in [1.807, 2.05) is 0 Å². The third-order valence-electron chi connectivity index (χ3n) is 8.32. The highest BCUT2D eigenvalue weighted by Gasteiger charge is 2.55. The van der Waals surface area contributed by atoms with Crippen LogP contribution in [0.15, 0.2) is 0 Å². The second kappa shape index (κ2) is 8.25. The van der Waals surface area contributed by atoms with Gasteiger partial charge in [-0.25, -0.2) is 0 Å². The SMILES string of the molecule is CO[Si](C1CCC(C)CC1)(C1CCC(C)CC1)C1CCC(C)CC1. The molecule has 3 aliphatic carbocycles. The van der Waals surface area contributed by atoms with E-state index in [4.69, 9.17) is 4.43 Å². The van der Waals surface area contributed by atoms with Gasteiger partial charge in [-0.1, -0.05) is 97.8 Å². The highest BCUT2D eigenvalue weighted by molar-refractivity contribution is 6.78. The van der Waals surface area contributed by atoms with Gasteiger partial charge in [0, 0.05) is 7.11 Å². The van der Waals surface area contributed by atoms with Crippen LogP contribution in [-0.4, -0.2) is 15.4 Å². The third kappa shape index (κ3) is 3.80. The standard InChI is InChI=1S/C22H42OSi/c1-17-5-11-20(12-6-17)24(23-4,21-13-7-18(2)8-14-21)22-15-9-19(3)10-16-22/h17-22H,5-16H2,1-4H3. The Hall–Kier alpha value is 0.177. The van der Waals surface area contributed by atoms with Crippen molar-refractivity contribution in [1.82, 2.24) is 0 Å². The van der Waals surface area contributed by atoms with Crippen LogP contribution in [0, 0.1) is 17.8 Å². The third-order valence-corrected chi connectivity index (χ3v) is 14.6. The molecule has 140 valence electrons. The zero-order valence-electron chi connectivity index (χ0n) is 16.9. The Labute approximate surface area is 152 Å². The molecule has 0 unspecified atom stereocenters. The summed E-state index contributed by atoms with van der Waals surface area (Å²) in [7, 11) is 0.483. The van der Waals surface area contributed by atoms with Crippen molar-refractivity contribution in [3.63, 3.8) is 0 Å². The lowest BCUT2D eigenvalue weighted by atomic mass is 9.89. The first kappa shape index (κ1) is 19.0. The molecular formula is C22H42OSi. The Balaban J connectivity index is 1.83. The van der Waals surface area contributed by atoms with E-state index in [-0.39, 0.29) is 0 Å². The lowest BCUT2D eigenvalue weighted by molar-refractivity contribution is 0.255. The first-order chi connectivity index (χ1) is 11.6. The number of hydrogen-bond acceptors (Lipinski definition) is 1. The predicted octanol–water partition coefficient (Wildman–Crippen LogP) is 7.32. The molecular weight excluding hydrogens is 308 g/mol. The van der Waals surface area contributed by atoms with Gasteiger partial charge in [0.1, 0.15) is 0 Å². The maximum Gasteiger partial charge on any atom is 0.201 e. The molecule has 3 fully saturated rings. The van der Waals surface area contributed by atoms with Crippen LogP contribution < -0.4 is 0 Å². The van der Waals surface area contributed by atoms with Crippen LogP contribution in [0.3, 0.4) is 0 Å². The maximum absolute atomic E-state index is 6.80. The van der Waals surface area contributed by atoms with Gasteiger partial charge in [0.25, 0.3) is 0 Å². The molecule has 0 heterocycles. The maximum atomic E-state index is 6.80. The quantitative estimate of drug-likeness (QED) is 0.483. The lowest BCUT2D eigenvalue weighted by Crippen LogP contribution is -2.53. The summed E-state index contributed by atoms with van der Waals surface area (Å²) < 4.78 is 6.80. The van der Waals surface area contributed by atoms with E-state index in [9.17, 15) is 0 Å². The Kier molecular flexibility index (Phi) is 6.51. The zero-order valence-corrected chi connectivity index (χ0v) is 17.9. The van der Waals surface area contributed by atoms with Gasteiger partial charge < -0.3 is 4.43 Å². The van der Waals surface area contributed by atoms with E-state index in [0.717, 1.165) is 34.4 Å². The predicted molar refractivity (Wildman–Crippen MR) is 107 cm³/mol. The summed E-state index contributed by atoms with van der Waals surface area (Å²) in [6.45, 7) is 7.41. The highest BCUT2D eigenvalue weighted by Crippen LogP contribution is 2.58. The zero-order chi connectivity index (χ0) is 17.2. The monoisotopic (exact) mass is 350 g/mol. The van der Waals surface area contributed by atoms with Gasteiger partial charge in [-0.2, -0.15) is 0 Å². The second-order valence-corrected chi connectivity index (χ2v) is 14.5. The van der Waals surface area contributed by atoms with E-state index in [2.05, 4.69) is 27.9 Å². The van der Waals surface area contributed by atoms with Crippen LogP contribution in [0.4, 0.5) is 0 Å². The van der Waals surface area contributed by atoms with E-state index in [1.165, 1.54) is 77.0 Å². The van der Waals surface area contributed by atoms with Crippen LogP contribution in [0.2, 0.25) is 16.6 Å². The molecule has 0 aromatic heterocycles. The number of rotatable bonds is 4. The summed E-state index contributed by atoms with van der Waals surface area (Å²) >= 11 is 0. The molecule has 24 heavy (non-hydrogen) atoms. The average molecular weight is 351 g/mol. The van der Waals surface area contributed by atoms with Gasteiger partial charge in [-0.15, -0.1) is 0 Å². The normalized spacial score (nSPS) is 44.0. The van der Waals surface area contributed by atoms with Crippen molar-refractivity contribution < 1.29 is 4.43 Å². The molecule has 2 heteroatoms. The van der Waals surface area contributed by atoms with Crippen LogP contribution in [0.1, 0.15) is 97.8 Å². The topological polar surface area (TPSA) is 9.23 Å². The van der Waals surface area contributed by atoms with E-state index >= 15 is 0 Å². The van der Waals surface area contributed by atoms with Crippen LogP contribution >= 0.6 is 0 Å². The van der Waals surface area contributed by atoms with E-state index < -0.39 is 8.32 Å². The summed E-state index contributed by atoms with van der Waals surface area (Å²) in [4.78, 5) is 0. The van der Waals surface area contributed by atoms with Crippen LogP contribution in [0.5, 0.6) is 0 Å². The van der Waals surface area contributed by atoms with Crippen molar-refractivity contribution in [3.8, 4) is 0 Å². The Bertz CT molecular complexity index is 316. The minimum atomic E-state index is -1.66. The molecule has 0 aromatic carbocycles. The number of hydrogen-bond donors (Lipinski definition) is 0. The molecule has 0 N–H and O–H groups in total. The molecule has 0 radical (unpaired) electrons. The summed E-state index contributed by atoms with van der Waals surface area (Å²) in [5.74, 6) is 2.88. The van der Waals surface area contributed by atoms with Crippen molar-refractivity contribution in [2.24, 2.45) is 17.8 Å². The first-order valence-corrected chi connectivity index (χ1v) is 13.2. The summed E-state index contributed by atoms with van der Waals surface area (Å²) in [5, 5.41) is 0. The van der Waals surface area contributed by atoms with Gasteiger partial charge in [0.05, 0.1) is 0 Å². The molecule has 3 saturated carbocycles. The molecule has 1 nitrogen and oxygen atoms in total. The van der Waals surface area contributed by atoms with Gasteiger partial charge in [0.15, 0.2) is 0 Å². The van der Waals surface area contributed by atoms with Crippen LogP contribution in [-0.2, 0) is 4.43 Å². The molecule has 0 spiro atoms. The minimum Gasteiger partial charge on any atom is -0.419 e. The average Bonchev–Trinajstić information content (AvgIpc) is 2.60. The molecule has 3 aliphatic rings. The van der Waals surface area contributed by atoms with Crippen molar-refractivity contribution in [2.75, 3.05) is 7.11 Å². The summed E-state index contributed by atoms with van der Waals surface area (Å²) in [5.41, 5.74) is 2.90. The molecule has 0 aliphatic heterocycles. The van der Waals surface area contributed by atoms with Crippen molar-refractivity contribution in [2.45, 2.75) is 114 Å². The van der Waals surface area contributed by atoms with Crippen molar-refractivity contribution in [1.29, 1.82) is 0 Å². The first-order valence-electron chi connectivity index (χ1n) is 11.1. The summed E-state index contributed by atoms with van der Waals surface area (Å²) in [6.07, 6.45) is 17.7. The molecule has 3 rings (SSSR count). The largest absolute Gasteiger partial charge is 0.419 e. The van der Waals surface area contributed by atoms with E-state index in [1.54, 1.807) is 0 Å². The fourth-order valence-corrected chi connectivity index (χ4v) is 13.3. The second-order valence-electron chi connectivity index (χ2n) is 9.93. The van der Waals surface area contributed by atoms with Gasteiger partial charge in [-0.3, -0.25) is 0 Å². The van der Waals surface area contributed by atoms with Gasteiger partial charge >= 0.3 is 0 Å². The van der Waals surface area contributed by atoms with Crippen LogP contribution in [0.25, 0.3) is 0 Å². The fraction of sp³-hybridized carbons (Fsp3) is 1.00. The minimum absolute atomic E-state index is 0.961. The fourth-order valence-electron chi connectivity index (χ4n) is 6.63. The summed E-state index contributed by atoms with van der Waals surface area (Å²) in [6, 6.07) is 0. The smallest absolute Gasteiger partial charge is 0.201 e. The Morgan fingerprint density at radius 2 is 0.750 bits per heavy atom. The van der Waals surface area contributed by atoms with Crippen molar-refractivity contribution >= 4 is 8.32 Å². The molecule has 0 amide bonds. The molecule has 0 atom stereocenters. The molecule has 0 bridgehead atoms. The lowest BCUT2D eigenvalue weighted by Gasteiger charge is -2.52. The Morgan fingerprint density at radius 1 is 0.500 bits per heavy atom.